The van der Waals surface area contributed by atoms with Crippen molar-refractivity contribution in [3.63, 3.8) is 0 Å². The minimum atomic E-state index is -1.75. The van der Waals surface area contributed by atoms with Crippen molar-refractivity contribution >= 4 is 17.7 Å². The van der Waals surface area contributed by atoms with Gasteiger partial charge in [-0.05, 0) is 66.2 Å². The molecule has 0 aromatic heterocycles. The first-order valence-corrected chi connectivity index (χ1v) is 9.98. The number of ether oxygens (including phenoxy) is 2. The highest BCUT2D eigenvalue weighted by molar-refractivity contribution is 6.03. The van der Waals surface area contributed by atoms with Gasteiger partial charge in [0.15, 0.2) is 5.78 Å². The number of Topliss-reactive ketones (excluding diaryl/α,β-unsaturated/α-hetero) is 1. The van der Waals surface area contributed by atoms with Crippen LogP contribution in [0.1, 0.15) is 66.4 Å². The maximum Gasteiger partial charge on any atom is 0.317 e. The molecule has 0 saturated heterocycles. The summed E-state index contributed by atoms with van der Waals surface area (Å²) in [6, 6.07) is 5.18. The first-order valence-electron chi connectivity index (χ1n) is 9.98. The maximum atomic E-state index is 13.5. The van der Waals surface area contributed by atoms with Gasteiger partial charge in [-0.1, -0.05) is 12.1 Å². The molecule has 0 spiro atoms. The highest BCUT2D eigenvalue weighted by Gasteiger charge is 2.57. The van der Waals surface area contributed by atoms with Gasteiger partial charge in [0.1, 0.15) is 22.9 Å². The van der Waals surface area contributed by atoms with Crippen molar-refractivity contribution in [2.45, 2.75) is 77.6 Å². The molecular weight excluding hydrogens is 391 g/mol. The lowest BCUT2D eigenvalue weighted by molar-refractivity contribution is -0.182. The molecule has 0 bridgehead atoms. The second-order valence-electron chi connectivity index (χ2n) is 10.1. The highest BCUT2D eigenvalue weighted by atomic mass is 19.1. The van der Waals surface area contributed by atoms with E-state index in [2.05, 4.69) is 0 Å². The molecule has 4 atom stereocenters. The van der Waals surface area contributed by atoms with Gasteiger partial charge in [-0.25, -0.2) is 4.39 Å². The fourth-order valence-corrected chi connectivity index (χ4v) is 3.83. The molecular formula is C23H31FO6. The minimum absolute atomic E-state index is 0.372. The van der Waals surface area contributed by atoms with E-state index in [4.69, 9.17) is 9.47 Å². The van der Waals surface area contributed by atoms with Gasteiger partial charge in [0, 0.05) is 12.3 Å². The Kier molecular flexibility index (Phi) is 6.48. The van der Waals surface area contributed by atoms with Gasteiger partial charge in [-0.3, -0.25) is 14.4 Å². The van der Waals surface area contributed by atoms with E-state index in [-0.39, 0.29) is 0 Å². The second-order valence-corrected chi connectivity index (χ2v) is 10.1. The average molecular weight is 422 g/mol. The largest absolute Gasteiger partial charge is 0.460 e. The molecule has 1 fully saturated rings. The van der Waals surface area contributed by atoms with Crippen LogP contribution in [0, 0.1) is 17.7 Å². The van der Waals surface area contributed by atoms with E-state index in [9.17, 15) is 23.9 Å². The molecule has 7 heteroatoms. The molecule has 6 nitrogen and oxygen atoms in total. The Morgan fingerprint density at radius 1 is 1.00 bits per heavy atom. The van der Waals surface area contributed by atoms with Crippen LogP contribution in [-0.4, -0.2) is 39.6 Å². The standard InChI is InChI=1S/C23H31FO6/c1-21(2,3)29-19(26)17-15(25)12-23(7,28)18(20(27)30-22(4,5)6)16(17)13-8-10-14(24)11-9-13/h8-11,16-18,28H,12H2,1-7H3/t16-,17-,18-,23-/m1/s1. The number of carbonyl (C=O) groups is 3. The molecule has 0 amide bonds. The number of rotatable bonds is 3. The van der Waals surface area contributed by atoms with Crippen molar-refractivity contribution in [2.75, 3.05) is 0 Å². The van der Waals surface area contributed by atoms with Crippen LogP contribution in [0.3, 0.4) is 0 Å². The van der Waals surface area contributed by atoms with E-state index in [1.165, 1.54) is 31.2 Å². The van der Waals surface area contributed by atoms with Crippen LogP contribution >= 0.6 is 0 Å². The molecule has 1 N–H and O–H groups in total. The van der Waals surface area contributed by atoms with Crippen molar-refractivity contribution in [1.29, 1.82) is 0 Å². The Morgan fingerprint density at radius 3 is 1.93 bits per heavy atom. The summed E-state index contributed by atoms with van der Waals surface area (Å²) in [5, 5.41) is 11.0. The summed E-state index contributed by atoms with van der Waals surface area (Å²) >= 11 is 0. The van der Waals surface area contributed by atoms with Crippen LogP contribution in [0.4, 0.5) is 4.39 Å². The molecule has 1 aromatic rings. The van der Waals surface area contributed by atoms with Gasteiger partial charge >= 0.3 is 11.9 Å². The molecule has 1 saturated carbocycles. The average Bonchev–Trinajstić information content (AvgIpc) is 2.50. The van der Waals surface area contributed by atoms with Gasteiger partial charge in [-0.2, -0.15) is 0 Å². The van der Waals surface area contributed by atoms with E-state index in [0.717, 1.165) is 0 Å². The Morgan fingerprint density at radius 2 is 1.47 bits per heavy atom. The molecule has 2 rings (SSSR count). The van der Waals surface area contributed by atoms with E-state index < -0.39 is 64.5 Å². The lowest BCUT2D eigenvalue weighted by Crippen LogP contribution is -2.56. The molecule has 166 valence electrons. The summed E-state index contributed by atoms with van der Waals surface area (Å²) in [7, 11) is 0. The second kappa shape index (κ2) is 8.10. The van der Waals surface area contributed by atoms with Gasteiger partial charge in [0.05, 0.1) is 11.5 Å². The Labute approximate surface area is 176 Å². The molecule has 1 aliphatic rings. The maximum absolute atomic E-state index is 13.5. The van der Waals surface area contributed by atoms with Crippen molar-refractivity contribution in [3.8, 4) is 0 Å². The quantitative estimate of drug-likeness (QED) is 0.592. The summed E-state index contributed by atoms with van der Waals surface area (Å²) in [4.78, 5) is 39.1. The normalized spacial score (nSPS) is 27.5. The van der Waals surface area contributed by atoms with Crippen LogP contribution < -0.4 is 0 Å². The van der Waals surface area contributed by atoms with Gasteiger partial charge in [0.25, 0.3) is 0 Å². The third-order valence-electron chi connectivity index (χ3n) is 4.84. The Hall–Kier alpha value is -2.28. The number of aliphatic hydroxyl groups is 1. The number of esters is 2. The molecule has 1 aromatic carbocycles. The summed E-state index contributed by atoms with van der Waals surface area (Å²) < 4.78 is 24.5. The zero-order valence-corrected chi connectivity index (χ0v) is 18.6. The van der Waals surface area contributed by atoms with Gasteiger partial charge in [0.2, 0.25) is 0 Å². The van der Waals surface area contributed by atoms with Crippen LogP contribution in [0.25, 0.3) is 0 Å². The van der Waals surface area contributed by atoms with Crippen LogP contribution in [-0.2, 0) is 23.9 Å². The number of ketones is 1. The summed E-state index contributed by atoms with van der Waals surface area (Å²) in [5.41, 5.74) is -3.08. The minimum Gasteiger partial charge on any atom is -0.460 e. The van der Waals surface area contributed by atoms with Crippen molar-refractivity contribution < 1.29 is 33.4 Å². The fraction of sp³-hybridized carbons (Fsp3) is 0.609. The number of carbonyl (C=O) groups excluding carboxylic acids is 3. The third-order valence-corrected chi connectivity index (χ3v) is 4.84. The monoisotopic (exact) mass is 422 g/mol. The SMILES string of the molecule is CC(C)(C)OC(=O)[C@@H]1C(=O)C[C@@](C)(O)[C@@H](C(=O)OC(C)(C)C)[C@@H]1c1ccc(F)cc1. The smallest absolute Gasteiger partial charge is 0.317 e. The van der Waals surface area contributed by atoms with E-state index >= 15 is 0 Å². The molecule has 0 radical (unpaired) electrons. The fourth-order valence-electron chi connectivity index (χ4n) is 3.83. The topological polar surface area (TPSA) is 89.9 Å². The first-order chi connectivity index (χ1) is 13.5. The van der Waals surface area contributed by atoms with Crippen molar-refractivity contribution in [3.05, 3.63) is 35.6 Å². The van der Waals surface area contributed by atoms with E-state index in [1.54, 1.807) is 41.5 Å². The Balaban J connectivity index is 2.62. The van der Waals surface area contributed by atoms with Crippen LogP contribution in [0.2, 0.25) is 0 Å². The number of hydrogen-bond donors (Lipinski definition) is 1. The number of benzene rings is 1. The molecule has 0 aliphatic heterocycles. The Bertz CT molecular complexity index is 814. The van der Waals surface area contributed by atoms with Crippen LogP contribution in [0.15, 0.2) is 24.3 Å². The molecule has 30 heavy (non-hydrogen) atoms. The van der Waals surface area contributed by atoms with Crippen molar-refractivity contribution in [1.82, 2.24) is 0 Å². The van der Waals surface area contributed by atoms with Gasteiger partial charge < -0.3 is 14.6 Å². The third kappa shape index (κ3) is 5.65. The van der Waals surface area contributed by atoms with E-state index in [0.29, 0.717) is 5.56 Å². The zero-order valence-electron chi connectivity index (χ0n) is 18.6. The molecule has 1 aliphatic carbocycles. The first kappa shape index (κ1) is 24.0. The zero-order chi connectivity index (χ0) is 23.1. The number of halogens is 1. The van der Waals surface area contributed by atoms with Crippen LogP contribution in [0.5, 0.6) is 0 Å². The summed E-state index contributed by atoms with van der Waals surface area (Å²) in [6.07, 6.45) is -0.404. The molecule has 0 unspecified atom stereocenters. The lowest BCUT2D eigenvalue weighted by Gasteiger charge is -2.44. The predicted octanol–water partition coefficient (Wildman–Crippen LogP) is 3.55. The molecule has 0 heterocycles. The number of hydrogen-bond acceptors (Lipinski definition) is 6. The summed E-state index contributed by atoms with van der Waals surface area (Å²) in [6.45, 7) is 11.5. The highest BCUT2D eigenvalue weighted by Crippen LogP contribution is 2.47. The van der Waals surface area contributed by atoms with Gasteiger partial charge in [-0.15, -0.1) is 0 Å². The lowest BCUT2D eigenvalue weighted by atomic mass is 9.61. The van der Waals surface area contributed by atoms with E-state index in [1.807, 2.05) is 0 Å². The predicted molar refractivity (Wildman–Crippen MR) is 108 cm³/mol. The van der Waals surface area contributed by atoms with Crippen molar-refractivity contribution in [2.24, 2.45) is 11.8 Å². The summed E-state index contributed by atoms with van der Waals surface area (Å²) in [5.74, 6) is -6.18.